The van der Waals surface area contributed by atoms with Gasteiger partial charge in [0.2, 0.25) is 0 Å². The van der Waals surface area contributed by atoms with Gasteiger partial charge in [0.15, 0.2) is 0 Å². The lowest BCUT2D eigenvalue weighted by Crippen LogP contribution is -1.93. The molecule has 0 aliphatic carbocycles. The van der Waals surface area contributed by atoms with Gasteiger partial charge in [0.05, 0.1) is 0 Å². The third kappa shape index (κ3) is 6.17. The molecule has 1 heteroatoms. The Hall–Kier alpha value is -0.330. The molecule has 0 bridgehead atoms. The predicted octanol–water partition coefficient (Wildman–Crippen LogP) is 4.36. The van der Waals surface area contributed by atoms with E-state index in [1.54, 1.807) is 0 Å². The fourth-order valence-corrected chi connectivity index (χ4v) is 2.08. The molecule has 1 aliphatic rings. The molecule has 1 rings (SSSR count). The molecule has 0 aromatic carbocycles. The van der Waals surface area contributed by atoms with Crippen molar-refractivity contribution in [1.29, 1.82) is 0 Å². The van der Waals surface area contributed by atoms with Gasteiger partial charge in [-0.05, 0) is 26.2 Å². The highest BCUT2D eigenvalue weighted by Crippen LogP contribution is 2.12. The summed E-state index contributed by atoms with van der Waals surface area (Å²) in [5.41, 5.74) is 1.38. The maximum absolute atomic E-state index is 4.60. The van der Waals surface area contributed by atoms with Crippen LogP contribution in [0.1, 0.15) is 71.1 Å². The second-order valence-corrected chi connectivity index (χ2v) is 4.55. The van der Waals surface area contributed by atoms with Crippen molar-refractivity contribution >= 4 is 5.71 Å². The van der Waals surface area contributed by atoms with Crippen LogP contribution in [0.3, 0.4) is 0 Å². The van der Waals surface area contributed by atoms with Crippen LogP contribution in [-0.2, 0) is 0 Å². The lowest BCUT2D eigenvalue weighted by molar-refractivity contribution is 0.567. The van der Waals surface area contributed by atoms with Gasteiger partial charge in [-0.25, -0.2) is 0 Å². The van der Waals surface area contributed by atoms with Crippen molar-refractivity contribution in [2.45, 2.75) is 71.1 Å². The highest BCUT2D eigenvalue weighted by Gasteiger charge is 1.96. The molecule has 1 heterocycles. The summed E-state index contributed by atoms with van der Waals surface area (Å²) in [5, 5.41) is 0. The summed E-state index contributed by atoms with van der Waals surface area (Å²) >= 11 is 0. The maximum Gasteiger partial charge on any atom is 0.0388 e. The third-order valence-electron chi connectivity index (χ3n) is 3.08. The van der Waals surface area contributed by atoms with E-state index in [0.29, 0.717) is 0 Å². The molecule has 0 aromatic heterocycles. The first-order valence-electron chi connectivity index (χ1n) is 6.39. The van der Waals surface area contributed by atoms with Gasteiger partial charge in [0.1, 0.15) is 0 Å². The topological polar surface area (TPSA) is 12.4 Å². The average Bonchev–Trinajstić information content (AvgIpc) is 2.20. The Bertz CT molecular complexity index is 161. The maximum atomic E-state index is 4.60. The normalized spacial score (nSPS) is 26.5. The van der Waals surface area contributed by atoms with Gasteiger partial charge >= 0.3 is 0 Å². The fourth-order valence-electron chi connectivity index (χ4n) is 2.08. The van der Waals surface area contributed by atoms with E-state index in [1.165, 1.54) is 69.9 Å². The Morgan fingerprint density at radius 2 is 1.21 bits per heavy atom. The van der Waals surface area contributed by atoms with Gasteiger partial charge in [-0.1, -0.05) is 44.9 Å². The zero-order chi connectivity index (χ0) is 10.1. The zero-order valence-electron chi connectivity index (χ0n) is 9.73. The fraction of sp³-hybridized carbons (Fsp3) is 0.923. The Morgan fingerprint density at radius 3 is 1.86 bits per heavy atom. The molecule has 14 heavy (non-hydrogen) atoms. The van der Waals surface area contributed by atoms with Crippen LogP contribution in [0.5, 0.6) is 0 Å². The lowest BCUT2D eigenvalue weighted by Gasteiger charge is -2.00. The van der Waals surface area contributed by atoms with E-state index in [-0.39, 0.29) is 0 Å². The molecule has 1 nitrogen and oxygen atoms in total. The molecule has 0 saturated heterocycles. The molecular formula is C13H25N. The Kier molecular flexibility index (Phi) is 6.73. The van der Waals surface area contributed by atoms with Crippen molar-refractivity contribution in [3.63, 3.8) is 0 Å². The van der Waals surface area contributed by atoms with Crippen LogP contribution >= 0.6 is 0 Å². The van der Waals surface area contributed by atoms with E-state index >= 15 is 0 Å². The van der Waals surface area contributed by atoms with E-state index in [4.69, 9.17) is 0 Å². The van der Waals surface area contributed by atoms with Crippen LogP contribution in [-0.4, -0.2) is 12.3 Å². The van der Waals surface area contributed by atoms with Gasteiger partial charge in [-0.2, -0.15) is 0 Å². The standard InChI is InChI=1S/C13H25N/c1-13-11-9-7-5-3-2-4-6-8-10-12-14-13/h2-12H2,1H3/b14-13-. The second kappa shape index (κ2) is 8.02. The summed E-state index contributed by atoms with van der Waals surface area (Å²) in [6.45, 7) is 3.27. The quantitative estimate of drug-likeness (QED) is 0.544. The Balaban J connectivity index is 2.21. The molecular weight excluding hydrogens is 170 g/mol. The summed E-state index contributed by atoms with van der Waals surface area (Å²) in [7, 11) is 0. The van der Waals surface area contributed by atoms with Gasteiger partial charge in [-0.15, -0.1) is 0 Å². The van der Waals surface area contributed by atoms with Crippen LogP contribution in [0.25, 0.3) is 0 Å². The van der Waals surface area contributed by atoms with E-state index < -0.39 is 0 Å². The molecule has 0 atom stereocenters. The highest BCUT2D eigenvalue weighted by atomic mass is 14.7. The van der Waals surface area contributed by atoms with Crippen molar-refractivity contribution in [3.05, 3.63) is 0 Å². The second-order valence-electron chi connectivity index (χ2n) is 4.55. The molecule has 0 saturated carbocycles. The first-order chi connectivity index (χ1) is 6.89. The number of hydrogen-bond acceptors (Lipinski definition) is 1. The van der Waals surface area contributed by atoms with Gasteiger partial charge in [-0.3, -0.25) is 4.99 Å². The van der Waals surface area contributed by atoms with Crippen molar-refractivity contribution in [1.82, 2.24) is 0 Å². The summed E-state index contributed by atoms with van der Waals surface area (Å²) < 4.78 is 0. The van der Waals surface area contributed by atoms with Gasteiger partial charge < -0.3 is 0 Å². The van der Waals surface area contributed by atoms with Crippen molar-refractivity contribution < 1.29 is 0 Å². The summed E-state index contributed by atoms with van der Waals surface area (Å²) in [5.74, 6) is 0. The van der Waals surface area contributed by atoms with E-state index in [9.17, 15) is 0 Å². The van der Waals surface area contributed by atoms with E-state index in [1.807, 2.05) is 0 Å². The highest BCUT2D eigenvalue weighted by molar-refractivity contribution is 5.81. The summed E-state index contributed by atoms with van der Waals surface area (Å²) in [4.78, 5) is 4.60. The van der Waals surface area contributed by atoms with Crippen LogP contribution in [0.15, 0.2) is 4.99 Å². The first-order valence-corrected chi connectivity index (χ1v) is 6.39. The molecule has 1 aliphatic heterocycles. The molecule has 0 aromatic rings. The van der Waals surface area contributed by atoms with Crippen LogP contribution < -0.4 is 0 Å². The lowest BCUT2D eigenvalue weighted by atomic mass is 10.1. The minimum Gasteiger partial charge on any atom is -0.294 e. The molecule has 0 N–H and O–H groups in total. The predicted molar refractivity (Wildman–Crippen MR) is 64.1 cm³/mol. The molecule has 0 unspecified atom stereocenters. The summed E-state index contributed by atoms with van der Waals surface area (Å²) in [6.07, 6.45) is 13.9. The van der Waals surface area contributed by atoms with E-state index in [2.05, 4.69) is 11.9 Å². The smallest absolute Gasteiger partial charge is 0.0388 e. The number of nitrogens with zero attached hydrogens (tertiary/aromatic N) is 1. The monoisotopic (exact) mass is 195 g/mol. The van der Waals surface area contributed by atoms with Crippen LogP contribution in [0.2, 0.25) is 0 Å². The Labute approximate surface area is 89.0 Å². The van der Waals surface area contributed by atoms with Crippen LogP contribution in [0, 0.1) is 0 Å². The largest absolute Gasteiger partial charge is 0.294 e. The Morgan fingerprint density at radius 1 is 0.714 bits per heavy atom. The number of hydrogen-bond donors (Lipinski definition) is 0. The SMILES string of the molecule is C/C1=N/CCCCCCCCCCC1. The van der Waals surface area contributed by atoms with Crippen LogP contribution in [0.4, 0.5) is 0 Å². The van der Waals surface area contributed by atoms with Crippen molar-refractivity contribution in [3.8, 4) is 0 Å². The van der Waals surface area contributed by atoms with Crippen molar-refractivity contribution in [2.75, 3.05) is 6.54 Å². The van der Waals surface area contributed by atoms with Gasteiger partial charge in [0, 0.05) is 12.3 Å². The number of aliphatic imine (C=N–C) groups is 1. The van der Waals surface area contributed by atoms with E-state index in [0.717, 1.165) is 6.54 Å². The molecule has 0 fully saturated rings. The molecule has 82 valence electrons. The average molecular weight is 195 g/mol. The third-order valence-corrected chi connectivity index (χ3v) is 3.08. The van der Waals surface area contributed by atoms with Crippen molar-refractivity contribution in [2.24, 2.45) is 4.99 Å². The zero-order valence-corrected chi connectivity index (χ0v) is 9.73. The summed E-state index contributed by atoms with van der Waals surface area (Å²) in [6, 6.07) is 0. The first kappa shape index (κ1) is 11.7. The minimum absolute atomic E-state index is 1.08. The number of rotatable bonds is 0. The molecule has 0 amide bonds. The minimum atomic E-state index is 1.08. The molecule has 0 spiro atoms. The van der Waals surface area contributed by atoms with Gasteiger partial charge in [0.25, 0.3) is 0 Å². The molecule has 0 radical (unpaired) electrons.